The largest absolute Gasteiger partial charge is 0.360 e. The van der Waals surface area contributed by atoms with Gasteiger partial charge in [0.05, 0.1) is 11.2 Å². The second-order valence-electron chi connectivity index (χ2n) is 5.70. The van der Waals surface area contributed by atoms with Crippen molar-refractivity contribution in [1.29, 1.82) is 0 Å². The maximum atomic E-state index is 12.7. The summed E-state index contributed by atoms with van der Waals surface area (Å²) in [5.41, 5.74) is 1.42. The molecule has 0 radical (unpaired) electrons. The molecule has 0 saturated carbocycles. The second kappa shape index (κ2) is 6.44. The molecule has 26 heavy (non-hydrogen) atoms. The van der Waals surface area contributed by atoms with Crippen molar-refractivity contribution in [3.63, 3.8) is 0 Å². The van der Waals surface area contributed by atoms with E-state index in [0.29, 0.717) is 37.5 Å². The molecule has 2 aromatic carbocycles. The van der Waals surface area contributed by atoms with Gasteiger partial charge < -0.3 is 10.3 Å². The fraction of sp³-hybridized carbons (Fsp3) is 0. The van der Waals surface area contributed by atoms with Crippen molar-refractivity contribution >= 4 is 56.6 Å². The molecule has 128 valence electrons. The van der Waals surface area contributed by atoms with E-state index in [1.165, 1.54) is 12.3 Å². The third kappa shape index (κ3) is 2.92. The van der Waals surface area contributed by atoms with E-state index in [2.05, 4.69) is 15.3 Å². The number of aromatic amines is 1. The molecule has 2 heterocycles. The Morgan fingerprint density at radius 2 is 1.73 bits per heavy atom. The van der Waals surface area contributed by atoms with E-state index < -0.39 is 11.3 Å². The molecule has 0 saturated heterocycles. The van der Waals surface area contributed by atoms with Crippen LogP contribution < -0.4 is 10.7 Å². The van der Waals surface area contributed by atoms with Gasteiger partial charge in [-0.2, -0.15) is 0 Å². The summed E-state index contributed by atoms with van der Waals surface area (Å²) in [5, 5.41) is 4.75. The van der Waals surface area contributed by atoms with Gasteiger partial charge in [0.2, 0.25) is 5.43 Å². The van der Waals surface area contributed by atoms with Gasteiger partial charge in [0.25, 0.3) is 5.91 Å². The zero-order valence-electron chi connectivity index (χ0n) is 13.2. The van der Waals surface area contributed by atoms with Crippen LogP contribution in [0.5, 0.6) is 0 Å². The molecule has 2 aromatic heterocycles. The van der Waals surface area contributed by atoms with Gasteiger partial charge in [-0.1, -0.05) is 23.2 Å². The Morgan fingerprint density at radius 1 is 1.00 bits per heavy atom. The molecule has 0 aliphatic heterocycles. The fourth-order valence-corrected chi connectivity index (χ4v) is 3.12. The molecule has 0 aliphatic carbocycles. The molecular formula is C19H11Cl2N3O2. The van der Waals surface area contributed by atoms with Crippen LogP contribution in [0.25, 0.3) is 21.8 Å². The van der Waals surface area contributed by atoms with Gasteiger partial charge in [0.1, 0.15) is 5.56 Å². The molecular weight excluding hydrogens is 373 g/mol. The predicted molar refractivity (Wildman–Crippen MR) is 104 cm³/mol. The number of halogens is 2. The predicted octanol–water partition coefficient (Wildman–Crippen LogP) is 4.64. The van der Waals surface area contributed by atoms with E-state index in [9.17, 15) is 9.59 Å². The highest BCUT2D eigenvalue weighted by Crippen LogP contribution is 2.25. The number of fused-ring (bicyclic) bond motifs is 2. The molecule has 0 bridgehead atoms. The molecule has 0 aliphatic rings. The van der Waals surface area contributed by atoms with Crippen LogP contribution in [0.4, 0.5) is 5.69 Å². The number of carbonyl (C=O) groups is 1. The van der Waals surface area contributed by atoms with Crippen LogP contribution in [0.3, 0.4) is 0 Å². The number of rotatable bonds is 2. The number of aromatic nitrogens is 2. The minimum Gasteiger partial charge on any atom is -0.360 e. The molecule has 4 aromatic rings. The van der Waals surface area contributed by atoms with Crippen LogP contribution in [0, 0.1) is 0 Å². The van der Waals surface area contributed by atoms with Crippen LogP contribution in [0.1, 0.15) is 10.4 Å². The lowest BCUT2D eigenvalue weighted by atomic mass is 10.1. The van der Waals surface area contributed by atoms with Crippen molar-refractivity contribution in [2.45, 2.75) is 0 Å². The van der Waals surface area contributed by atoms with Crippen LogP contribution in [0.15, 0.2) is 59.7 Å². The molecule has 0 atom stereocenters. The Hall–Kier alpha value is -2.89. The molecule has 2 N–H and O–H groups in total. The normalized spacial score (nSPS) is 11.0. The van der Waals surface area contributed by atoms with E-state index >= 15 is 0 Å². The molecule has 0 fully saturated rings. The third-order valence-corrected chi connectivity index (χ3v) is 4.51. The van der Waals surface area contributed by atoms with Gasteiger partial charge in [-0.25, -0.2) is 0 Å². The lowest BCUT2D eigenvalue weighted by Crippen LogP contribution is -2.22. The quantitative estimate of drug-likeness (QED) is 0.529. The van der Waals surface area contributed by atoms with E-state index in [1.54, 1.807) is 42.6 Å². The SMILES string of the molecule is O=C(Nc1ccnc2ccc(Cl)cc12)c1c[nH]c2ccc(Cl)cc2c1=O. The lowest BCUT2D eigenvalue weighted by Gasteiger charge is -2.09. The standard InChI is InChI=1S/C19H11Cl2N3O2/c20-10-1-3-15-12(7-10)17(5-6-22-15)24-19(26)14-9-23-16-4-2-11(21)8-13(16)18(14)25/h1-9H,(H,23,25)(H,22,24,26). The molecule has 7 heteroatoms. The van der Waals surface area contributed by atoms with Crippen LogP contribution >= 0.6 is 23.2 Å². The molecule has 1 amide bonds. The fourth-order valence-electron chi connectivity index (χ4n) is 2.78. The number of hydrogen-bond acceptors (Lipinski definition) is 3. The van der Waals surface area contributed by atoms with Crippen molar-refractivity contribution in [3.05, 3.63) is 80.7 Å². The van der Waals surface area contributed by atoms with Crippen LogP contribution in [0.2, 0.25) is 10.0 Å². The summed E-state index contributed by atoms with van der Waals surface area (Å²) < 4.78 is 0. The first-order valence-corrected chi connectivity index (χ1v) is 8.45. The summed E-state index contributed by atoms with van der Waals surface area (Å²) >= 11 is 12.0. The monoisotopic (exact) mass is 383 g/mol. The van der Waals surface area contributed by atoms with E-state index in [0.717, 1.165) is 0 Å². The number of anilines is 1. The Morgan fingerprint density at radius 3 is 2.54 bits per heavy atom. The molecule has 4 rings (SSSR count). The number of benzene rings is 2. The highest BCUT2D eigenvalue weighted by molar-refractivity contribution is 6.31. The zero-order chi connectivity index (χ0) is 18.3. The summed E-state index contributed by atoms with van der Waals surface area (Å²) in [5.74, 6) is -0.527. The number of nitrogens with one attached hydrogen (secondary N) is 2. The minimum absolute atomic E-state index is 0.00763. The maximum Gasteiger partial charge on any atom is 0.261 e. The number of hydrogen-bond donors (Lipinski definition) is 2. The van der Waals surface area contributed by atoms with Crippen molar-refractivity contribution in [2.75, 3.05) is 5.32 Å². The summed E-state index contributed by atoms with van der Waals surface area (Å²) in [7, 11) is 0. The second-order valence-corrected chi connectivity index (χ2v) is 6.57. The van der Waals surface area contributed by atoms with Crippen molar-refractivity contribution in [1.82, 2.24) is 9.97 Å². The van der Waals surface area contributed by atoms with Gasteiger partial charge in [0.15, 0.2) is 0 Å². The van der Waals surface area contributed by atoms with Gasteiger partial charge >= 0.3 is 0 Å². The van der Waals surface area contributed by atoms with Crippen LogP contribution in [-0.2, 0) is 0 Å². The molecule has 5 nitrogen and oxygen atoms in total. The summed E-state index contributed by atoms with van der Waals surface area (Å²) in [4.78, 5) is 32.5. The molecule has 0 unspecified atom stereocenters. The maximum absolute atomic E-state index is 12.7. The van der Waals surface area contributed by atoms with E-state index in [-0.39, 0.29) is 5.56 Å². The molecule has 0 spiro atoms. The Bertz CT molecular complexity index is 1230. The van der Waals surface area contributed by atoms with E-state index in [4.69, 9.17) is 23.2 Å². The van der Waals surface area contributed by atoms with Gasteiger partial charge in [-0.3, -0.25) is 14.6 Å². The van der Waals surface area contributed by atoms with Crippen molar-refractivity contribution < 1.29 is 4.79 Å². The minimum atomic E-state index is -0.527. The Balaban J connectivity index is 1.78. The average molecular weight is 384 g/mol. The number of nitrogens with zero attached hydrogens (tertiary/aromatic N) is 1. The average Bonchev–Trinajstić information content (AvgIpc) is 2.63. The lowest BCUT2D eigenvalue weighted by molar-refractivity contribution is 0.102. The smallest absolute Gasteiger partial charge is 0.261 e. The number of carbonyl (C=O) groups excluding carboxylic acids is 1. The van der Waals surface area contributed by atoms with E-state index in [1.807, 2.05) is 0 Å². The highest BCUT2D eigenvalue weighted by Gasteiger charge is 2.15. The zero-order valence-corrected chi connectivity index (χ0v) is 14.7. The van der Waals surface area contributed by atoms with Gasteiger partial charge in [-0.05, 0) is 42.5 Å². The summed E-state index contributed by atoms with van der Waals surface area (Å²) in [6.45, 7) is 0. The number of H-pyrrole nitrogens is 1. The summed E-state index contributed by atoms with van der Waals surface area (Å²) in [6, 6.07) is 11.8. The Kier molecular flexibility index (Phi) is 4.11. The third-order valence-electron chi connectivity index (χ3n) is 4.04. The number of amides is 1. The van der Waals surface area contributed by atoms with Gasteiger partial charge in [0, 0.05) is 38.7 Å². The summed E-state index contributed by atoms with van der Waals surface area (Å²) in [6.07, 6.45) is 2.97. The van der Waals surface area contributed by atoms with Crippen molar-refractivity contribution in [3.8, 4) is 0 Å². The van der Waals surface area contributed by atoms with Crippen molar-refractivity contribution in [2.24, 2.45) is 0 Å². The van der Waals surface area contributed by atoms with Gasteiger partial charge in [-0.15, -0.1) is 0 Å². The Labute approximate surface area is 157 Å². The first-order valence-electron chi connectivity index (χ1n) is 7.69. The first-order chi connectivity index (χ1) is 12.5. The van der Waals surface area contributed by atoms with Crippen LogP contribution in [-0.4, -0.2) is 15.9 Å². The topological polar surface area (TPSA) is 74.8 Å². The highest BCUT2D eigenvalue weighted by atomic mass is 35.5. The number of pyridine rings is 2. The first kappa shape index (κ1) is 16.6.